The summed E-state index contributed by atoms with van der Waals surface area (Å²) in [4.78, 5) is 0. The summed E-state index contributed by atoms with van der Waals surface area (Å²) in [7, 11) is 0. The fourth-order valence-electron chi connectivity index (χ4n) is 2.10. The monoisotopic (exact) mass is 293 g/mol. The van der Waals surface area contributed by atoms with Crippen LogP contribution in [0.3, 0.4) is 0 Å². The van der Waals surface area contributed by atoms with E-state index in [9.17, 15) is 0 Å². The summed E-state index contributed by atoms with van der Waals surface area (Å²) in [6, 6.07) is 8.40. The zero-order valence-electron chi connectivity index (χ0n) is 13.7. The van der Waals surface area contributed by atoms with Crippen LogP contribution in [0.2, 0.25) is 0 Å². The molecule has 0 aromatic heterocycles. The van der Waals surface area contributed by atoms with E-state index in [4.69, 9.17) is 9.47 Å². The Morgan fingerprint density at radius 2 is 1.71 bits per heavy atom. The van der Waals surface area contributed by atoms with Crippen LogP contribution in [0.1, 0.15) is 51.5 Å². The van der Waals surface area contributed by atoms with Gasteiger partial charge >= 0.3 is 0 Å². The van der Waals surface area contributed by atoms with Gasteiger partial charge < -0.3 is 14.8 Å². The minimum absolute atomic E-state index is 0.805. The van der Waals surface area contributed by atoms with E-state index in [1.165, 1.54) is 24.8 Å². The van der Waals surface area contributed by atoms with Gasteiger partial charge in [0.1, 0.15) is 5.75 Å². The summed E-state index contributed by atoms with van der Waals surface area (Å²) >= 11 is 0. The third-order valence-electron chi connectivity index (χ3n) is 3.37. The van der Waals surface area contributed by atoms with E-state index in [-0.39, 0.29) is 0 Å². The van der Waals surface area contributed by atoms with Crippen molar-refractivity contribution in [1.82, 2.24) is 5.32 Å². The zero-order valence-corrected chi connectivity index (χ0v) is 13.7. The first-order valence-corrected chi connectivity index (χ1v) is 8.37. The molecule has 0 heterocycles. The fraction of sp³-hybridized carbons (Fsp3) is 0.667. The summed E-state index contributed by atoms with van der Waals surface area (Å²) in [6.45, 7) is 8.63. The van der Waals surface area contributed by atoms with E-state index in [1.807, 2.05) is 6.92 Å². The Balaban J connectivity index is 2.09. The first-order valence-electron chi connectivity index (χ1n) is 8.37. The first kappa shape index (κ1) is 18.0. The molecular weight excluding hydrogens is 262 g/mol. The normalized spacial score (nSPS) is 10.8. The van der Waals surface area contributed by atoms with Crippen LogP contribution in [-0.4, -0.2) is 26.4 Å². The van der Waals surface area contributed by atoms with Crippen LogP contribution in [-0.2, 0) is 11.3 Å². The lowest BCUT2D eigenvalue weighted by atomic mass is 10.2. The van der Waals surface area contributed by atoms with Gasteiger partial charge in [0.05, 0.1) is 6.61 Å². The van der Waals surface area contributed by atoms with Crippen molar-refractivity contribution in [3.05, 3.63) is 29.8 Å². The van der Waals surface area contributed by atoms with Crippen molar-refractivity contribution in [2.75, 3.05) is 26.4 Å². The van der Waals surface area contributed by atoms with Gasteiger partial charge in [-0.05, 0) is 44.0 Å². The lowest BCUT2D eigenvalue weighted by molar-refractivity contribution is 0.144. The van der Waals surface area contributed by atoms with E-state index in [0.29, 0.717) is 0 Å². The molecule has 1 aromatic carbocycles. The van der Waals surface area contributed by atoms with Gasteiger partial charge in [-0.25, -0.2) is 0 Å². The van der Waals surface area contributed by atoms with E-state index in [2.05, 4.69) is 36.5 Å². The van der Waals surface area contributed by atoms with Crippen molar-refractivity contribution in [2.45, 2.75) is 52.5 Å². The molecule has 0 aliphatic heterocycles. The van der Waals surface area contributed by atoms with E-state index in [0.717, 1.165) is 51.5 Å². The van der Waals surface area contributed by atoms with Crippen molar-refractivity contribution in [3.63, 3.8) is 0 Å². The Hall–Kier alpha value is -1.06. The van der Waals surface area contributed by atoms with Crippen LogP contribution in [0.25, 0.3) is 0 Å². The Bertz CT molecular complexity index is 338. The van der Waals surface area contributed by atoms with Crippen LogP contribution < -0.4 is 10.1 Å². The van der Waals surface area contributed by atoms with Gasteiger partial charge in [0.15, 0.2) is 0 Å². The van der Waals surface area contributed by atoms with E-state index in [1.54, 1.807) is 0 Å². The topological polar surface area (TPSA) is 30.5 Å². The third-order valence-corrected chi connectivity index (χ3v) is 3.37. The molecule has 21 heavy (non-hydrogen) atoms. The number of benzene rings is 1. The molecule has 0 amide bonds. The maximum absolute atomic E-state index is 5.74. The van der Waals surface area contributed by atoms with Crippen molar-refractivity contribution in [3.8, 4) is 5.75 Å². The quantitative estimate of drug-likeness (QED) is 0.554. The van der Waals surface area contributed by atoms with Crippen LogP contribution in [0.15, 0.2) is 24.3 Å². The SMILES string of the molecule is CCCCCCOc1ccc(CNCCCOCC)cc1. The van der Waals surface area contributed by atoms with Gasteiger partial charge in [-0.3, -0.25) is 0 Å². The second kappa shape index (κ2) is 12.7. The highest BCUT2D eigenvalue weighted by Crippen LogP contribution is 2.13. The molecular formula is C18H31NO2. The average molecular weight is 293 g/mol. The molecule has 0 atom stereocenters. The Labute approximate surface area is 130 Å². The lowest BCUT2D eigenvalue weighted by Gasteiger charge is -2.08. The molecule has 0 radical (unpaired) electrons. The summed E-state index contributed by atoms with van der Waals surface area (Å²) in [5, 5.41) is 3.43. The summed E-state index contributed by atoms with van der Waals surface area (Å²) in [5.74, 6) is 0.978. The number of hydrogen-bond donors (Lipinski definition) is 1. The van der Waals surface area contributed by atoms with E-state index < -0.39 is 0 Å². The average Bonchev–Trinajstić information content (AvgIpc) is 2.52. The highest BCUT2D eigenvalue weighted by Gasteiger charge is 1.96. The predicted octanol–water partition coefficient (Wildman–Crippen LogP) is 4.16. The maximum atomic E-state index is 5.74. The van der Waals surface area contributed by atoms with Gasteiger partial charge in [0.25, 0.3) is 0 Å². The number of ether oxygens (including phenoxy) is 2. The minimum atomic E-state index is 0.805. The predicted molar refractivity (Wildman–Crippen MR) is 88.9 cm³/mol. The Morgan fingerprint density at radius 1 is 0.905 bits per heavy atom. The van der Waals surface area contributed by atoms with Crippen molar-refractivity contribution in [1.29, 1.82) is 0 Å². The second-order valence-corrected chi connectivity index (χ2v) is 5.28. The van der Waals surface area contributed by atoms with Crippen molar-refractivity contribution >= 4 is 0 Å². The van der Waals surface area contributed by atoms with Crippen LogP contribution in [0, 0.1) is 0 Å². The maximum Gasteiger partial charge on any atom is 0.119 e. The molecule has 0 saturated heterocycles. The smallest absolute Gasteiger partial charge is 0.119 e. The minimum Gasteiger partial charge on any atom is -0.494 e. The molecule has 120 valence electrons. The summed E-state index contributed by atoms with van der Waals surface area (Å²) in [5.41, 5.74) is 1.30. The van der Waals surface area contributed by atoms with Crippen molar-refractivity contribution in [2.24, 2.45) is 0 Å². The Morgan fingerprint density at radius 3 is 2.43 bits per heavy atom. The third kappa shape index (κ3) is 9.48. The molecule has 3 nitrogen and oxygen atoms in total. The number of nitrogens with one attached hydrogen (secondary N) is 1. The van der Waals surface area contributed by atoms with Crippen molar-refractivity contribution < 1.29 is 9.47 Å². The highest BCUT2D eigenvalue weighted by atomic mass is 16.5. The van der Waals surface area contributed by atoms with Gasteiger partial charge in [-0.15, -0.1) is 0 Å². The van der Waals surface area contributed by atoms with E-state index >= 15 is 0 Å². The highest BCUT2D eigenvalue weighted by molar-refractivity contribution is 5.27. The number of unbranched alkanes of at least 4 members (excludes halogenated alkanes) is 3. The molecule has 1 aromatic rings. The Kier molecular flexibility index (Phi) is 10.8. The molecule has 0 spiro atoms. The van der Waals surface area contributed by atoms with Crippen LogP contribution >= 0.6 is 0 Å². The molecule has 0 aliphatic carbocycles. The molecule has 0 unspecified atom stereocenters. The zero-order chi connectivity index (χ0) is 15.2. The van der Waals surface area contributed by atoms with Gasteiger partial charge in [-0.2, -0.15) is 0 Å². The van der Waals surface area contributed by atoms with Gasteiger partial charge in [-0.1, -0.05) is 38.3 Å². The standard InChI is InChI=1S/C18H31NO2/c1-3-5-6-7-15-21-18-11-9-17(10-12-18)16-19-13-8-14-20-4-2/h9-12,19H,3-8,13-16H2,1-2H3. The molecule has 0 bridgehead atoms. The molecule has 0 fully saturated rings. The van der Waals surface area contributed by atoms with Gasteiger partial charge in [0.2, 0.25) is 0 Å². The summed E-state index contributed by atoms with van der Waals surface area (Å²) < 4.78 is 11.0. The molecule has 1 N–H and O–H groups in total. The van der Waals surface area contributed by atoms with Crippen LogP contribution in [0.5, 0.6) is 5.75 Å². The molecule has 1 rings (SSSR count). The number of hydrogen-bond acceptors (Lipinski definition) is 3. The fourth-order valence-corrected chi connectivity index (χ4v) is 2.10. The second-order valence-electron chi connectivity index (χ2n) is 5.28. The summed E-state index contributed by atoms with van der Waals surface area (Å²) in [6.07, 6.45) is 6.05. The van der Waals surface area contributed by atoms with Crippen LogP contribution in [0.4, 0.5) is 0 Å². The van der Waals surface area contributed by atoms with Gasteiger partial charge in [0, 0.05) is 19.8 Å². The molecule has 3 heteroatoms. The number of rotatable bonds is 13. The first-order chi connectivity index (χ1) is 10.4. The molecule has 0 aliphatic rings. The molecule has 0 saturated carbocycles. The largest absolute Gasteiger partial charge is 0.494 e. The lowest BCUT2D eigenvalue weighted by Crippen LogP contribution is -2.16.